The molecule has 0 spiro atoms. The first-order chi connectivity index (χ1) is 8.46. The predicted molar refractivity (Wildman–Crippen MR) is 70.5 cm³/mol. The summed E-state index contributed by atoms with van der Waals surface area (Å²) in [5.41, 5.74) is 0.615. The molecular formula is C12H16ClNO3S. The molecule has 1 aliphatic rings. The first-order valence-electron chi connectivity index (χ1n) is 5.83. The molecule has 1 atom stereocenters. The van der Waals surface area contributed by atoms with Gasteiger partial charge in [0.15, 0.2) is 9.84 Å². The Bertz CT molecular complexity index is 540. The number of nitrogens with one attached hydrogen (secondary N) is 1. The second-order valence-corrected chi connectivity index (χ2v) is 7.11. The first kappa shape index (κ1) is 13.8. The highest BCUT2D eigenvalue weighted by Crippen LogP contribution is 2.37. The van der Waals surface area contributed by atoms with Gasteiger partial charge < -0.3 is 10.4 Å². The zero-order valence-corrected chi connectivity index (χ0v) is 11.6. The molecule has 4 nitrogen and oxygen atoms in total. The fourth-order valence-corrected chi connectivity index (χ4v) is 4.04. The van der Waals surface area contributed by atoms with E-state index >= 15 is 0 Å². The maximum atomic E-state index is 12.1. The Morgan fingerprint density at radius 1 is 1.50 bits per heavy atom. The molecule has 0 aromatic heterocycles. The van der Waals surface area contributed by atoms with E-state index < -0.39 is 15.9 Å². The molecule has 2 rings (SSSR count). The van der Waals surface area contributed by atoms with Gasteiger partial charge in [-0.15, -0.1) is 0 Å². The molecule has 0 saturated heterocycles. The fourth-order valence-electron chi connectivity index (χ4n) is 1.82. The van der Waals surface area contributed by atoms with E-state index in [2.05, 4.69) is 5.32 Å². The van der Waals surface area contributed by atoms with E-state index in [0.717, 1.165) is 0 Å². The molecule has 6 heteroatoms. The third-order valence-corrected chi connectivity index (χ3v) is 5.75. The summed E-state index contributed by atoms with van der Waals surface area (Å²) >= 11 is 6.02. The molecule has 1 aromatic rings. The van der Waals surface area contributed by atoms with Crippen molar-refractivity contribution in [2.24, 2.45) is 0 Å². The van der Waals surface area contributed by atoms with Gasteiger partial charge >= 0.3 is 0 Å². The smallest absolute Gasteiger partial charge is 0.182 e. The summed E-state index contributed by atoms with van der Waals surface area (Å²) < 4.78 is 24.1. The molecule has 0 radical (unpaired) electrons. The van der Waals surface area contributed by atoms with Crippen molar-refractivity contribution in [2.75, 3.05) is 13.6 Å². The minimum absolute atomic E-state index is 0.173. The summed E-state index contributed by atoms with van der Waals surface area (Å²) in [6.07, 6.45) is 0.733. The molecule has 0 aliphatic heterocycles. The summed E-state index contributed by atoms with van der Waals surface area (Å²) in [5.74, 6) is 0. The Labute approximate surface area is 112 Å². The van der Waals surface area contributed by atoms with E-state index in [4.69, 9.17) is 11.6 Å². The molecule has 2 N–H and O–H groups in total. The van der Waals surface area contributed by atoms with Crippen molar-refractivity contribution in [1.29, 1.82) is 0 Å². The van der Waals surface area contributed by atoms with Gasteiger partial charge in [-0.2, -0.15) is 0 Å². The van der Waals surface area contributed by atoms with Crippen LogP contribution in [0.3, 0.4) is 0 Å². The van der Waals surface area contributed by atoms with E-state index in [9.17, 15) is 13.5 Å². The SMILES string of the molecule is CNCC(O)c1ccc(S(=O)(=O)C2CC2)c(Cl)c1. The average Bonchev–Trinajstić information content (AvgIpc) is 3.12. The molecule has 1 aliphatic carbocycles. The lowest BCUT2D eigenvalue weighted by molar-refractivity contribution is 0.177. The number of aliphatic hydroxyl groups excluding tert-OH is 1. The van der Waals surface area contributed by atoms with Crippen LogP contribution in [0, 0.1) is 0 Å². The quantitative estimate of drug-likeness (QED) is 0.863. The Hall–Kier alpha value is -0.620. The van der Waals surface area contributed by atoms with Gasteiger partial charge in [-0.25, -0.2) is 8.42 Å². The summed E-state index contributed by atoms with van der Waals surface area (Å²) in [4.78, 5) is 0.173. The zero-order chi connectivity index (χ0) is 13.3. The van der Waals surface area contributed by atoms with Crippen molar-refractivity contribution in [3.8, 4) is 0 Å². The Kier molecular flexibility index (Phi) is 3.96. The van der Waals surface area contributed by atoms with Gasteiger partial charge in [0.25, 0.3) is 0 Å². The monoisotopic (exact) mass is 289 g/mol. The predicted octanol–water partition coefficient (Wildman–Crippen LogP) is 1.53. The maximum Gasteiger partial charge on any atom is 0.182 e. The Balaban J connectivity index is 2.30. The molecule has 1 aromatic carbocycles. The summed E-state index contributed by atoms with van der Waals surface area (Å²) in [6, 6.07) is 4.63. The molecular weight excluding hydrogens is 274 g/mol. The highest BCUT2D eigenvalue weighted by atomic mass is 35.5. The topological polar surface area (TPSA) is 66.4 Å². The van der Waals surface area contributed by atoms with Gasteiger partial charge in [-0.3, -0.25) is 0 Å². The molecule has 1 fully saturated rings. The van der Waals surface area contributed by atoms with E-state index in [1.807, 2.05) is 0 Å². The van der Waals surface area contributed by atoms with Crippen molar-refractivity contribution in [3.63, 3.8) is 0 Å². The Morgan fingerprint density at radius 2 is 2.17 bits per heavy atom. The van der Waals surface area contributed by atoms with Crippen LogP contribution in [0.1, 0.15) is 24.5 Å². The Morgan fingerprint density at radius 3 is 2.67 bits per heavy atom. The lowest BCUT2D eigenvalue weighted by Gasteiger charge is -2.12. The van der Waals surface area contributed by atoms with Crippen LogP contribution < -0.4 is 5.32 Å². The maximum absolute atomic E-state index is 12.1. The lowest BCUT2D eigenvalue weighted by atomic mass is 10.1. The van der Waals surface area contributed by atoms with Gasteiger partial charge in [0.2, 0.25) is 0 Å². The average molecular weight is 290 g/mol. The molecule has 18 heavy (non-hydrogen) atoms. The number of hydrogen-bond acceptors (Lipinski definition) is 4. The van der Waals surface area contributed by atoms with E-state index in [0.29, 0.717) is 24.9 Å². The minimum Gasteiger partial charge on any atom is -0.387 e. The number of halogens is 1. The lowest BCUT2D eigenvalue weighted by Crippen LogP contribution is -2.17. The van der Waals surface area contributed by atoms with Crippen LogP contribution in [0.15, 0.2) is 23.1 Å². The number of hydrogen-bond donors (Lipinski definition) is 2. The molecule has 0 amide bonds. The molecule has 1 unspecified atom stereocenters. The van der Waals surface area contributed by atoms with Gasteiger partial charge in [-0.1, -0.05) is 17.7 Å². The normalized spacial score (nSPS) is 17.7. The molecule has 1 saturated carbocycles. The standard InChI is InChI=1S/C12H16ClNO3S/c1-14-7-11(15)8-2-5-12(10(13)6-8)18(16,17)9-3-4-9/h2,5-6,9,11,14-15H,3-4,7H2,1H3. The third-order valence-electron chi connectivity index (χ3n) is 3.01. The van der Waals surface area contributed by atoms with Gasteiger partial charge in [-0.05, 0) is 37.6 Å². The summed E-state index contributed by atoms with van der Waals surface area (Å²) in [6.45, 7) is 0.394. The van der Waals surface area contributed by atoms with Crippen LogP contribution in [-0.4, -0.2) is 32.4 Å². The molecule has 100 valence electrons. The van der Waals surface area contributed by atoms with Crippen molar-refractivity contribution < 1.29 is 13.5 Å². The van der Waals surface area contributed by atoms with Crippen LogP contribution in [0.4, 0.5) is 0 Å². The number of rotatable bonds is 5. The molecule has 0 bridgehead atoms. The van der Waals surface area contributed by atoms with Crippen molar-refractivity contribution in [2.45, 2.75) is 29.1 Å². The van der Waals surface area contributed by atoms with Crippen LogP contribution in [0.2, 0.25) is 5.02 Å². The van der Waals surface area contributed by atoms with Crippen LogP contribution in [0.25, 0.3) is 0 Å². The number of likely N-dealkylation sites (N-methyl/N-ethyl adjacent to an activating group) is 1. The van der Waals surface area contributed by atoms with E-state index in [-0.39, 0.29) is 15.2 Å². The summed E-state index contributed by atoms with van der Waals surface area (Å²) in [5, 5.41) is 12.6. The minimum atomic E-state index is -3.28. The van der Waals surface area contributed by atoms with Crippen LogP contribution >= 0.6 is 11.6 Å². The van der Waals surface area contributed by atoms with Crippen LogP contribution in [0.5, 0.6) is 0 Å². The molecule has 0 heterocycles. The second kappa shape index (κ2) is 5.17. The summed E-state index contributed by atoms with van der Waals surface area (Å²) in [7, 11) is -1.55. The third kappa shape index (κ3) is 2.69. The van der Waals surface area contributed by atoms with Crippen molar-refractivity contribution in [3.05, 3.63) is 28.8 Å². The van der Waals surface area contributed by atoms with E-state index in [1.165, 1.54) is 12.1 Å². The zero-order valence-electron chi connectivity index (χ0n) is 10.1. The highest BCUT2D eigenvalue weighted by Gasteiger charge is 2.38. The largest absolute Gasteiger partial charge is 0.387 e. The van der Waals surface area contributed by atoms with Crippen molar-refractivity contribution in [1.82, 2.24) is 5.32 Å². The number of benzene rings is 1. The van der Waals surface area contributed by atoms with E-state index in [1.54, 1.807) is 13.1 Å². The van der Waals surface area contributed by atoms with Gasteiger partial charge in [0.1, 0.15) is 0 Å². The van der Waals surface area contributed by atoms with Gasteiger partial charge in [0, 0.05) is 6.54 Å². The highest BCUT2D eigenvalue weighted by molar-refractivity contribution is 7.92. The number of sulfone groups is 1. The second-order valence-electron chi connectivity index (χ2n) is 4.51. The fraction of sp³-hybridized carbons (Fsp3) is 0.500. The first-order valence-corrected chi connectivity index (χ1v) is 7.75. The van der Waals surface area contributed by atoms with Crippen LogP contribution in [-0.2, 0) is 9.84 Å². The van der Waals surface area contributed by atoms with Crippen molar-refractivity contribution >= 4 is 21.4 Å². The van der Waals surface area contributed by atoms with Gasteiger partial charge in [0.05, 0.1) is 21.3 Å². The number of aliphatic hydroxyl groups is 1.